The summed E-state index contributed by atoms with van der Waals surface area (Å²) in [6, 6.07) is 7.92. The van der Waals surface area contributed by atoms with Crippen molar-refractivity contribution in [3.8, 4) is 0 Å². The molecule has 0 fully saturated rings. The van der Waals surface area contributed by atoms with Gasteiger partial charge in [-0.05, 0) is 37.5 Å². The molecule has 0 aliphatic carbocycles. The summed E-state index contributed by atoms with van der Waals surface area (Å²) < 4.78 is 5.59. The molecular weight excluding hydrogens is 196 g/mol. The molecule has 1 unspecified atom stereocenters. The normalized spacial score (nSPS) is 12.8. The van der Waals surface area contributed by atoms with Gasteiger partial charge in [0.05, 0.1) is 12.7 Å². The predicted molar refractivity (Wildman–Crippen MR) is 60.9 cm³/mol. The lowest BCUT2D eigenvalue weighted by atomic mass is 10.2. The zero-order valence-electron chi connectivity index (χ0n) is 8.79. The summed E-state index contributed by atoms with van der Waals surface area (Å²) in [5.74, 6) is 0. The van der Waals surface area contributed by atoms with E-state index in [2.05, 4.69) is 13.8 Å². The lowest BCUT2D eigenvalue weighted by molar-refractivity contribution is 0.0659. The van der Waals surface area contributed by atoms with Gasteiger partial charge >= 0.3 is 0 Å². The van der Waals surface area contributed by atoms with Crippen LogP contribution in [0, 0.1) is 0 Å². The van der Waals surface area contributed by atoms with Crippen LogP contribution < -0.4 is 0 Å². The molecule has 1 aromatic carbocycles. The minimum absolute atomic E-state index is 0.363. The average molecular weight is 213 g/mol. The van der Waals surface area contributed by atoms with E-state index in [1.54, 1.807) is 0 Å². The molecule has 14 heavy (non-hydrogen) atoms. The number of hydrogen-bond acceptors (Lipinski definition) is 1. The van der Waals surface area contributed by atoms with Gasteiger partial charge in [0.25, 0.3) is 0 Å². The van der Waals surface area contributed by atoms with Crippen molar-refractivity contribution in [2.24, 2.45) is 0 Å². The van der Waals surface area contributed by atoms with Gasteiger partial charge < -0.3 is 4.74 Å². The lowest BCUT2D eigenvalue weighted by Gasteiger charge is -2.10. The molecule has 1 nitrogen and oxygen atoms in total. The summed E-state index contributed by atoms with van der Waals surface area (Å²) in [6.45, 7) is 5.02. The van der Waals surface area contributed by atoms with Crippen LogP contribution in [0.3, 0.4) is 0 Å². The van der Waals surface area contributed by atoms with E-state index in [0.717, 1.165) is 24.5 Å². The fourth-order valence-corrected chi connectivity index (χ4v) is 1.27. The lowest BCUT2D eigenvalue weighted by Crippen LogP contribution is -2.09. The molecule has 0 aliphatic rings. The molecule has 0 aliphatic heterocycles. The van der Waals surface area contributed by atoms with Gasteiger partial charge in [0.2, 0.25) is 0 Å². The van der Waals surface area contributed by atoms with Crippen LogP contribution >= 0.6 is 11.6 Å². The van der Waals surface area contributed by atoms with Gasteiger partial charge in [0.1, 0.15) is 0 Å². The Hall–Kier alpha value is -0.530. The molecule has 0 amide bonds. The van der Waals surface area contributed by atoms with Gasteiger partial charge in [0.15, 0.2) is 0 Å². The molecule has 0 N–H and O–H groups in total. The summed E-state index contributed by atoms with van der Waals surface area (Å²) in [5.41, 5.74) is 1.28. The molecule has 0 saturated carbocycles. The third-order valence-corrected chi connectivity index (χ3v) is 2.53. The maximum Gasteiger partial charge on any atom is 0.0544 e. The van der Waals surface area contributed by atoms with E-state index in [1.807, 2.05) is 24.3 Å². The molecule has 1 aromatic rings. The number of benzene rings is 1. The van der Waals surface area contributed by atoms with Gasteiger partial charge in [-0.2, -0.15) is 0 Å². The molecule has 0 spiro atoms. The summed E-state index contributed by atoms with van der Waals surface area (Å²) in [5, 5.41) is 0.789. The maximum atomic E-state index is 5.79. The van der Waals surface area contributed by atoms with Crippen LogP contribution in [0.25, 0.3) is 0 Å². The van der Waals surface area contributed by atoms with Crippen molar-refractivity contribution in [1.29, 1.82) is 0 Å². The fourth-order valence-electron chi connectivity index (χ4n) is 1.15. The predicted octanol–water partition coefficient (Wildman–Crippen LogP) is 3.70. The standard InChI is InChI=1S/C12H17ClO/c1-3-10(2)14-9-8-11-4-6-12(13)7-5-11/h4-7,10H,3,8-9H2,1-2H3. The van der Waals surface area contributed by atoms with Gasteiger partial charge in [-0.1, -0.05) is 30.7 Å². The first kappa shape index (κ1) is 11.5. The van der Waals surface area contributed by atoms with E-state index >= 15 is 0 Å². The molecule has 0 heterocycles. The van der Waals surface area contributed by atoms with Crippen molar-refractivity contribution in [1.82, 2.24) is 0 Å². The second kappa shape index (κ2) is 6.05. The highest BCUT2D eigenvalue weighted by Crippen LogP contribution is 2.10. The van der Waals surface area contributed by atoms with E-state index in [4.69, 9.17) is 16.3 Å². The van der Waals surface area contributed by atoms with Crippen LogP contribution in [0.4, 0.5) is 0 Å². The van der Waals surface area contributed by atoms with Crippen molar-refractivity contribution in [2.45, 2.75) is 32.8 Å². The van der Waals surface area contributed by atoms with Crippen molar-refractivity contribution in [2.75, 3.05) is 6.61 Å². The molecule has 78 valence electrons. The fraction of sp³-hybridized carbons (Fsp3) is 0.500. The molecule has 1 atom stereocenters. The SMILES string of the molecule is CCC(C)OCCc1ccc(Cl)cc1. The number of hydrogen-bond donors (Lipinski definition) is 0. The number of rotatable bonds is 5. The maximum absolute atomic E-state index is 5.79. The smallest absolute Gasteiger partial charge is 0.0544 e. The van der Waals surface area contributed by atoms with Crippen LogP contribution in [-0.4, -0.2) is 12.7 Å². The highest BCUT2D eigenvalue weighted by molar-refractivity contribution is 6.30. The van der Waals surface area contributed by atoms with Crippen LogP contribution in [0.2, 0.25) is 5.02 Å². The van der Waals surface area contributed by atoms with E-state index in [0.29, 0.717) is 6.10 Å². The van der Waals surface area contributed by atoms with Crippen molar-refractivity contribution in [3.63, 3.8) is 0 Å². The first-order valence-electron chi connectivity index (χ1n) is 5.08. The largest absolute Gasteiger partial charge is 0.378 e. The number of ether oxygens (including phenoxy) is 1. The average Bonchev–Trinajstić information content (AvgIpc) is 2.21. The van der Waals surface area contributed by atoms with Gasteiger partial charge in [-0.3, -0.25) is 0 Å². The first-order valence-corrected chi connectivity index (χ1v) is 5.46. The molecule has 0 bridgehead atoms. The molecular formula is C12H17ClO. The summed E-state index contributed by atoms with van der Waals surface area (Å²) in [6.07, 6.45) is 2.39. The first-order chi connectivity index (χ1) is 6.72. The van der Waals surface area contributed by atoms with Crippen LogP contribution in [0.5, 0.6) is 0 Å². The summed E-state index contributed by atoms with van der Waals surface area (Å²) >= 11 is 5.79. The Kier molecular flexibility index (Phi) is 4.99. The molecule has 1 rings (SSSR count). The molecule has 2 heteroatoms. The second-order valence-electron chi connectivity index (χ2n) is 3.47. The minimum atomic E-state index is 0.363. The van der Waals surface area contributed by atoms with Crippen molar-refractivity contribution >= 4 is 11.6 Å². The Morgan fingerprint density at radius 3 is 2.50 bits per heavy atom. The van der Waals surface area contributed by atoms with E-state index in [9.17, 15) is 0 Å². The zero-order valence-corrected chi connectivity index (χ0v) is 9.55. The summed E-state index contributed by atoms with van der Waals surface area (Å²) in [7, 11) is 0. The summed E-state index contributed by atoms with van der Waals surface area (Å²) in [4.78, 5) is 0. The Morgan fingerprint density at radius 1 is 1.29 bits per heavy atom. The topological polar surface area (TPSA) is 9.23 Å². The van der Waals surface area contributed by atoms with Crippen LogP contribution in [0.15, 0.2) is 24.3 Å². The Labute approximate surface area is 91.0 Å². The highest BCUT2D eigenvalue weighted by atomic mass is 35.5. The Bertz CT molecular complexity index is 256. The number of halogens is 1. The zero-order chi connectivity index (χ0) is 10.4. The van der Waals surface area contributed by atoms with Gasteiger partial charge in [-0.25, -0.2) is 0 Å². The highest BCUT2D eigenvalue weighted by Gasteiger charge is 1.98. The van der Waals surface area contributed by atoms with E-state index < -0.39 is 0 Å². The van der Waals surface area contributed by atoms with Crippen LogP contribution in [0.1, 0.15) is 25.8 Å². The van der Waals surface area contributed by atoms with Gasteiger partial charge in [0, 0.05) is 5.02 Å². The van der Waals surface area contributed by atoms with Gasteiger partial charge in [-0.15, -0.1) is 0 Å². The van der Waals surface area contributed by atoms with Crippen LogP contribution in [-0.2, 0) is 11.2 Å². The van der Waals surface area contributed by atoms with E-state index in [-0.39, 0.29) is 0 Å². The molecule has 0 aromatic heterocycles. The second-order valence-corrected chi connectivity index (χ2v) is 3.90. The molecule has 0 radical (unpaired) electrons. The van der Waals surface area contributed by atoms with E-state index in [1.165, 1.54) is 5.56 Å². The monoisotopic (exact) mass is 212 g/mol. The quantitative estimate of drug-likeness (QED) is 0.723. The minimum Gasteiger partial charge on any atom is -0.378 e. The Balaban J connectivity index is 2.28. The van der Waals surface area contributed by atoms with Crippen molar-refractivity contribution in [3.05, 3.63) is 34.9 Å². The third kappa shape index (κ3) is 4.12. The van der Waals surface area contributed by atoms with Crippen molar-refractivity contribution < 1.29 is 4.74 Å². The molecule has 0 saturated heterocycles. The Morgan fingerprint density at radius 2 is 1.93 bits per heavy atom. The third-order valence-electron chi connectivity index (χ3n) is 2.28.